The molecule has 1 fully saturated rings. The molecule has 0 bridgehead atoms. The molecule has 0 aliphatic carbocycles. The summed E-state index contributed by atoms with van der Waals surface area (Å²) in [5.74, 6) is -0.0232. The van der Waals surface area contributed by atoms with E-state index >= 15 is 0 Å². The fourth-order valence-corrected chi connectivity index (χ4v) is 1.92. The van der Waals surface area contributed by atoms with Gasteiger partial charge in [0, 0.05) is 25.0 Å². The third kappa shape index (κ3) is 4.80. The van der Waals surface area contributed by atoms with E-state index in [4.69, 9.17) is 0 Å². The molecule has 1 amide bonds. The highest BCUT2D eigenvalue weighted by Crippen LogP contribution is 2.05. The molecule has 2 N–H and O–H groups in total. The van der Waals surface area contributed by atoms with Gasteiger partial charge in [-0.3, -0.25) is 9.78 Å². The lowest BCUT2D eigenvalue weighted by molar-refractivity contribution is 0.0930. The van der Waals surface area contributed by atoms with Gasteiger partial charge in [0.15, 0.2) is 0 Å². The highest BCUT2D eigenvalue weighted by molar-refractivity contribution is 5.94. The van der Waals surface area contributed by atoms with Crippen molar-refractivity contribution in [2.24, 2.45) is 0 Å². The van der Waals surface area contributed by atoms with Crippen LogP contribution in [-0.2, 0) is 0 Å². The van der Waals surface area contributed by atoms with Crippen molar-refractivity contribution in [2.45, 2.75) is 25.8 Å². The van der Waals surface area contributed by atoms with E-state index in [0.717, 1.165) is 31.5 Å². The van der Waals surface area contributed by atoms with Gasteiger partial charge in [-0.25, -0.2) is 0 Å². The normalized spacial score (nSPS) is 18.2. The van der Waals surface area contributed by atoms with Crippen molar-refractivity contribution in [3.63, 3.8) is 0 Å². The van der Waals surface area contributed by atoms with Crippen LogP contribution in [0.5, 0.6) is 0 Å². The zero-order valence-corrected chi connectivity index (χ0v) is 11.9. The Bertz CT molecular complexity index is 381. The van der Waals surface area contributed by atoms with Crippen molar-refractivity contribution in [1.29, 1.82) is 0 Å². The molecule has 0 radical (unpaired) electrons. The van der Waals surface area contributed by atoms with Gasteiger partial charge in [0.05, 0.1) is 5.56 Å². The van der Waals surface area contributed by atoms with Crippen molar-refractivity contribution < 1.29 is 4.79 Å². The van der Waals surface area contributed by atoms with Crippen molar-refractivity contribution in [3.05, 3.63) is 29.6 Å². The summed E-state index contributed by atoms with van der Waals surface area (Å²) in [5, 5.41) is 6.29. The highest BCUT2D eigenvalue weighted by Gasteiger charge is 2.16. The molecule has 1 aliphatic rings. The van der Waals surface area contributed by atoms with Crippen LogP contribution in [-0.4, -0.2) is 30.0 Å². The van der Waals surface area contributed by atoms with Crippen molar-refractivity contribution >= 4 is 30.7 Å². The van der Waals surface area contributed by atoms with Gasteiger partial charge in [-0.05, 0) is 37.9 Å². The molecule has 2 rings (SSSR count). The third-order valence-corrected chi connectivity index (χ3v) is 2.77. The predicted molar refractivity (Wildman–Crippen MR) is 76.8 cm³/mol. The zero-order valence-electron chi connectivity index (χ0n) is 10.3. The number of aromatic nitrogens is 1. The van der Waals surface area contributed by atoms with Gasteiger partial charge in [-0.15, -0.1) is 24.8 Å². The largest absolute Gasteiger partial charge is 0.348 e. The van der Waals surface area contributed by atoms with Crippen molar-refractivity contribution in [3.8, 4) is 0 Å². The SMILES string of the molecule is Cc1cncc(C(=O)NC2CCCNC2)c1.Cl.Cl. The molecule has 6 heteroatoms. The molecule has 0 aromatic carbocycles. The summed E-state index contributed by atoms with van der Waals surface area (Å²) in [6.45, 7) is 3.86. The van der Waals surface area contributed by atoms with Gasteiger partial charge < -0.3 is 10.6 Å². The Morgan fingerprint density at radius 1 is 1.44 bits per heavy atom. The Labute approximate surface area is 120 Å². The molecule has 2 heterocycles. The van der Waals surface area contributed by atoms with E-state index in [-0.39, 0.29) is 36.8 Å². The monoisotopic (exact) mass is 291 g/mol. The number of piperidine rings is 1. The molecule has 1 atom stereocenters. The second-order valence-electron chi connectivity index (χ2n) is 4.27. The molecular formula is C12H19Cl2N3O. The maximum atomic E-state index is 11.9. The summed E-state index contributed by atoms with van der Waals surface area (Å²) < 4.78 is 0. The minimum absolute atomic E-state index is 0. The van der Waals surface area contributed by atoms with Gasteiger partial charge in [-0.2, -0.15) is 0 Å². The number of nitrogens with zero attached hydrogens (tertiary/aromatic N) is 1. The first kappa shape index (κ1) is 17.2. The van der Waals surface area contributed by atoms with E-state index in [0.29, 0.717) is 5.56 Å². The molecule has 1 unspecified atom stereocenters. The zero-order chi connectivity index (χ0) is 11.4. The van der Waals surface area contributed by atoms with Crippen LogP contribution in [0, 0.1) is 6.92 Å². The van der Waals surface area contributed by atoms with Gasteiger partial charge in [0.25, 0.3) is 5.91 Å². The lowest BCUT2D eigenvalue weighted by Crippen LogP contribution is -2.45. The van der Waals surface area contributed by atoms with Gasteiger partial charge in [0.2, 0.25) is 0 Å². The molecule has 18 heavy (non-hydrogen) atoms. The number of carbonyl (C=O) groups excluding carboxylic acids is 1. The third-order valence-electron chi connectivity index (χ3n) is 2.77. The van der Waals surface area contributed by atoms with Crippen LogP contribution >= 0.6 is 24.8 Å². The minimum atomic E-state index is -0.0232. The van der Waals surface area contributed by atoms with E-state index in [1.807, 2.05) is 13.0 Å². The number of nitrogens with one attached hydrogen (secondary N) is 2. The summed E-state index contributed by atoms with van der Waals surface area (Å²) in [5.41, 5.74) is 1.65. The molecule has 1 saturated heterocycles. The lowest BCUT2D eigenvalue weighted by Gasteiger charge is -2.23. The van der Waals surface area contributed by atoms with Crippen LogP contribution in [0.1, 0.15) is 28.8 Å². The van der Waals surface area contributed by atoms with Gasteiger partial charge in [0.1, 0.15) is 0 Å². The maximum absolute atomic E-state index is 11.9. The van der Waals surface area contributed by atoms with E-state index in [9.17, 15) is 4.79 Å². The van der Waals surface area contributed by atoms with E-state index in [1.165, 1.54) is 0 Å². The first-order valence-electron chi connectivity index (χ1n) is 5.69. The first-order chi connectivity index (χ1) is 7.75. The van der Waals surface area contributed by atoms with Crippen LogP contribution in [0.3, 0.4) is 0 Å². The van der Waals surface area contributed by atoms with Crippen LogP contribution in [0.4, 0.5) is 0 Å². The molecule has 1 aromatic rings. The fourth-order valence-electron chi connectivity index (χ4n) is 1.92. The predicted octanol–water partition coefficient (Wildman–Crippen LogP) is 1.72. The summed E-state index contributed by atoms with van der Waals surface area (Å²) in [6.07, 6.45) is 5.53. The summed E-state index contributed by atoms with van der Waals surface area (Å²) >= 11 is 0. The number of amides is 1. The van der Waals surface area contributed by atoms with Gasteiger partial charge >= 0.3 is 0 Å². The molecule has 102 valence electrons. The summed E-state index contributed by atoms with van der Waals surface area (Å²) in [6, 6.07) is 2.11. The summed E-state index contributed by atoms with van der Waals surface area (Å²) in [7, 11) is 0. The molecule has 1 aliphatic heterocycles. The highest BCUT2D eigenvalue weighted by atomic mass is 35.5. The Morgan fingerprint density at radius 2 is 2.22 bits per heavy atom. The standard InChI is InChI=1S/C12H17N3O.2ClH/c1-9-5-10(7-14-6-9)12(16)15-11-3-2-4-13-8-11;;/h5-7,11,13H,2-4,8H2,1H3,(H,15,16);2*1H. The van der Waals surface area contributed by atoms with Crippen LogP contribution in [0.15, 0.2) is 18.5 Å². The number of hydrogen-bond donors (Lipinski definition) is 2. The molecule has 0 spiro atoms. The Balaban J connectivity index is 0.00000144. The maximum Gasteiger partial charge on any atom is 0.253 e. The van der Waals surface area contributed by atoms with E-state index in [2.05, 4.69) is 15.6 Å². The number of carbonyl (C=O) groups is 1. The number of hydrogen-bond acceptors (Lipinski definition) is 3. The second kappa shape index (κ2) is 8.29. The Morgan fingerprint density at radius 3 is 2.83 bits per heavy atom. The fraction of sp³-hybridized carbons (Fsp3) is 0.500. The molecular weight excluding hydrogens is 273 g/mol. The van der Waals surface area contributed by atoms with Crippen LogP contribution in [0.2, 0.25) is 0 Å². The van der Waals surface area contributed by atoms with Crippen LogP contribution in [0.25, 0.3) is 0 Å². The number of halogens is 2. The molecule has 4 nitrogen and oxygen atoms in total. The quantitative estimate of drug-likeness (QED) is 0.872. The van der Waals surface area contributed by atoms with Crippen molar-refractivity contribution in [1.82, 2.24) is 15.6 Å². The lowest BCUT2D eigenvalue weighted by atomic mass is 10.1. The number of pyridine rings is 1. The average Bonchev–Trinajstić information content (AvgIpc) is 2.30. The average molecular weight is 292 g/mol. The number of rotatable bonds is 2. The van der Waals surface area contributed by atoms with Gasteiger partial charge in [-0.1, -0.05) is 0 Å². The molecule has 1 aromatic heterocycles. The molecule has 0 saturated carbocycles. The second-order valence-corrected chi connectivity index (χ2v) is 4.27. The Hall–Kier alpha value is -0.840. The minimum Gasteiger partial charge on any atom is -0.348 e. The first-order valence-corrected chi connectivity index (χ1v) is 5.69. The summed E-state index contributed by atoms with van der Waals surface area (Å²) in [4.78, 5) is 15.9. The number of aryl methyl sites for hydroxylation is 1. The van der Waals surface area contributed by atoms with Crippen LogP contribution < -0.4 is 10.6 Å². The smallest absolute Gasteiger partial charge is 0.253 e. The topological polar surface area (TPSA) is 54.0 Å². The van der Waals surface area contributed by atoms with E-state index in [1.54, 1.807) is 12.4 Å². The Kier molecular flexibility index (Phi) is 7.91. The van der Waals surface area contributed by atoms with E-state index < -0.39 is 0 Å². The van der Waals surface area contributed by atoms with Crippen molar-refractivity contribution in [2.75, 3.05) is 13.1 Å².